The summed E-state index contributed by atoms with van der Waals surface area (Å²) in [4.78, 5) is 4.19. The van der Waals surface area contributed by atoms with E-state index in [4.69, 9.17) is 28.9 Å². The minimum Gasteiger partial charge on any atom is -0.323 e. The molecule has 2 N–H and O–H groups in total. The van der Waals surface area contributed by atoms with Crippen LogP contribution in [0.2, 0.25) is 10.0 Å². The maximum atomic E-state index is 6.32. The van der Waals surface area contributed by atoms with Crippen LogP contribution in [0.15, 0.2) is 29.1 Å². The van der Waals surface area contributed by atoms with Gasteiger partial charge in [-0.1, -0.05) is 37.0 Å². The lowest BCUT2D eigenvalue weighted by Gasteiger charge is -2.17. The molecule has 0 fully saturated rings. The largest absolute Gasteiger partial charge is 0.323 e. The van der Waals surface area contributed by atoms with E-state index in [2.05, 4.69) is 34.8 Å². The van der Waals surface area contributed by atoms with Crippen LogP contribution in [-0.2, 0) is 0 Å². The Balaban J connectivity index is 2.45. The molecule has 0 amide bonds. The van der Waals surface area contributed by atoms with Gasteiger partial charge in [0, 0.05) is 10.5 Å². The molecule has 0 bridgehead atoms. The molecule has 2 aromatic rings. The molecular weight excluding hydrogens is 361 g/mol. The van der Waals surface area contributed by atoms with Crippen molar-refractivity contribution in [3.8, 4) is 5.69 Å². The van der Waals surface area contributed by atoms with Crippen molar-refractivity contribution >= 4 is 39.1 Å². The van der Waals surface area contributed by atoms with E-state index in [0.717, 1.165) is 22.3 Å². The van der Waals surface area contributed by atoms with Crippen molar-refractivity contribution in [3.05, 3.63) is 44.9 Å². The monoisotopic (exact) mass is 375 g/mol. The highest BCUT2D eigenvalue weighted by molar-refractivity contribution is 9.10. The highest BCUT2D eigenvalue weighted by atomic mass is 79.9. The molecule has 1 atom stereocenters. The van der Waals surface area contributed by atoms with Gasteiger partial charge in [-0.2, -0.15) is 0 Å². The highest BCUT2D eigenvalue weighted by Gasteiger charge is 2.17. The van der Waals surface area contributed by atoms with Crippen molar-refractivity contribution in [2.24, 2.45) is 11.7 Å². The van der Waals surface area contributed by atoms with Gasteiger partial charge in [-0.05, 0) is 40.4 Å². The molecule has 1 aromatic heterocycles. The molecule has 6 heteroatoms. The van der Waals surface area contributed by atoms with E-state index in [1.165, 1.54) is 0 Å². The van der Waals surface area contributed by atoms with Crippen molar-refractivity contribution in [1.29, 1.82) is 0 Å². The molecule has 0 aliphatic carbocycles. The van der Waals surface area contributed by atoms with Crippen molar-refractivity contribution in [1.82, 2.24) is 9.55 Å². The molecule has 0 radical (unpaired) electrons. The van der Waals surface area contributed by atoms with Gasteiger partial charge in [0.2, 0.25) is 0 Å². The quantitative estimate of drug-likeness (QED) is 0.764. The predicted octanol–water partition coefficient (Wildman–Crippen LogP) is 4.99. The molecule has 0 aliphatic heterocycles. The molecule has 0 saturated carbocycles. The summed E-state index contributed by atoms with van der Waals surface area (Å²) in [6.45, 7) is 4.29. The van der Waals surface area contributed by atoms with Crippen LogP contribution in [0.25, 0.3) is 5.69 Å². The second-order valence-electron chi connectivity index (χ2n) is 5.12. The van der Waals surface area contributed by atoms with Crippen LogP contribution in [0.3, 0.4) is 0 Å². The van der Waals surface area contributed by atoms with Gasteiger partial charge in [-0.15, -0.1) is 0 Å². The number of rotatable bonds is 4. The Kier molecular flexibility index (Phi) is 5.13. The molecule has 0 spiro atoms. The molecule has 0 aliphatic rings. The van der Waals surface area contributed by atoms with Gasteiger partial charge in [0.15, 0.2) is 0 Å². The summed E-state index contributed by atoms with van der Waals surface area (Å²) in [5.41, 5.74) is 7.96. The second kappa shape index (κ2) is 6.48. The summed E-state index contributed by atoms with van der Waals surface area (Å²) < 4.78 is 2.66. The Morgan fingerprint density at radius 3 is 2.65 bits per heavy atom. The molecule has 108 valence electrons. The zero-order chi connectivity index (χ0) is 14.9. The average molecular weight is 377 g/mol. The van der Waals surface area contributed by atoms with Gasteiger partial charge in [0.05, 0.1) is 34.0 Å². The van der Waals surface area contributed by atoms with E-state index in [0.29, 0.717) is 16.0 Å². The number of imidazole rings is 1. The van der Waals surface area contributed by atoms with Crippen LogP contribution in [0, 0.1) is 5.92 Å². The molecule has 1 unspecified atom stereocenters. The fraction of sp³-hybridized carbons (Fsp3) is 0.357. The second-order valence-corrected chi connectivity index (χ2v) is 6.73. The fourth-order valence-electron chi connectivity index (χ4n) is 2.11. The standard InChI is InChI=1S/C14H16BrCl2N3/c1-8(2)5-10(18)12-6-19-7-20(12)11-4-3-9(15)13(16)14(11)17/h3-4,6-8,10H,5,18H2,1-2H3. The number of hydrogen-bond donors (Lipinski definition) is 1. The zero-order valence-corrected chi connectivity index (χ0v) is 14.4. The van der Waals surface area contributed by atoms with Gasteiger partial charge in [0.1, 0.15) is 0 Å². The van der Waals surface area contributed by atoms with E-state index in [-0.39, 0.29) is 6.04 Å². The summed E-state index contributed by atoms with van der Waals surface area (Å²) in [5.74, 6) is 0.511. The summed E-state index contributed by atoms with van der Waals surface area (Å²) in [7, 11) is 0. The normalized spacial score (nSPS) is 12.9. The van der Waals surface area contributed by atoms with E-state index < -0.39 is 0 Å². The Morgan fingerprint density at radius 1 is 1.30 bits per heavy atom. The van der Waals surface area contributed by atoms with Crippen LogP contribution in [0.4, 0.5) is 0 Å². The lowest BCUT2D eigenvalue weighted by Crippen LogP contribution is -2.16. The van der Waals surface area contributed by atoms with Gasteiger partial charge < -0.3 is 10.3 Å². The van der Waals surface area contributed by atoms with Gasteiger partial charge in [-0.25, -0.2) is 4.98 Å². The summed E-state index contributed by atoms with van der Waals surface area (Å²) in [5, 5.41) is 0.971. The summed E-state index contributed by atoms with van der Waals surface area (Å²) in [6.07, 6.45) is 4.37. The third-order valence-electron chi connectivity index (χ3n) is 3.05. The number of halogens is 3. The summed E-state index contributed by atoms with van der Waals surface area (Å²) in [6, 6.07) is 3.67. The first-order chi connectivity index (χ1) is 9.41. The Labute approximate surface area is 137 Å². The van der Waals surface area contributed by atoms with Crippen molar-refractivity contribution in [2.75, 3.05) is 0 Å². The third-order valence-corrected chi connectivity index (χ3v) is 4.81. The van der Waals surface area contributed by atoms with E-state index >= 15 is 0 Å². The van der Waals surface area contributed by atoms with Gasteiger partial charge >= 0.3 is 0 Å². The first-order valence-corrected chi connectivity index (χ1v) is 7.88. The van der Waals surface area contributed by atoms with Crippen LogP contribution in [0.1, 0.15) is 32.0 Å². The first-order valence-electron chi connectivity index (χ1n) is 6.33. The molecular formula is C14H16BrCl2N3. The predicted molar refractivity (Wildman–Crippen MR) is 87.7 cm³/mol. The van der Waals surface area contributed by atoms with Crippen LogP contribution in [0.5, 0.6) is 0 Å². The maximum Gasteiger partial charge on any atom is 0.0995 e. The van der Waals surface area contributed by atoms with E-state index in [9.17, 15) is 0 Å². The maximum absolute atomic E-state index is 6.32. The lowest BCUT2D eigenvalue weighted by molar-refractivity contribution is 0.498. The number of aromatic nitrogens is 2. The van der Waals surface area contributed by atoms with Crippen LogP contribution in [-0.4, -0.2) is 9.55 Å². The highest BCUT2D eigenvalue weighted by Crippen LogP contribution is 2.36. The topological polar surface area (TPSA) is 43.8 Å². The van der Waals surface area contributed by atoms with E-state index in [1.807, 2.05) is 16.7 Å². The number of benzene rings is 1. The average Bonchev–Trinajstić information content (AvgIpc) is 2.84. The zero-order valence-electron chi connectivity index (χ0n) is 11.3. The Bertz CT molecular complexity index is 610. The SMILES string of the molecule is CC(C)CC(N)c1cncn1-c1ccc(Br)c(Cl)c1Cl. The van der Waals surface area contributed by atoms with Crippen molar-refractivity contribution in [2.45, 2.75) is 26.3 Å². The first kappa shape index (κ1) is 15.8. The minimum absolute atomic E-state index is 0.0870. The lowest BCUT2D eigenvalue weighted by atomic mass is 10.0. The van der Waals surface area contributed by atoms with Crippen LogP contribution >= 0.6 is 39.1 Å². The number of hydrogen-bond acceptors (Lipinski definition) is 2. The summed E-state index contributed by atoms with van der Waals surface area (Å²) >= 11 is 15.9. The van der Waals surface area contributed by atoms with Crippen LogP contribution < -0.4 is 5.73 Å². The number of nitrogens with two attached hydrogens (primary N) is 1. The van der Waals surface area contributed by atoms with E-state index in [1.54, 1.807) is 12.5 Å². The molecule has 20 heavy (non-hydrogen) atoms. The van der Waals surface area contributed by atoms with Gasteiger partial charge in [0.25, 0.3) is 0 Å². The molecule has 1 heterocycles. The molecule has 0 saturated heterocycles. The Hall–Kier alpha value is -0.550. The molecule has 2 rings (SSSR count). The Morgan fingerprint density at radius 2 is 2.00 bits per heavy atom. The smallest absolute Gasteiger partial charge is 0.0995 e. The van der Waals surface area contributed by atoms with Crippen molar-refractivity contribution in [3.63, 3.8) is 0 Å². The number of nitrogens with zero attached hydrogens (tertiary/aromatic N) is 2. The fourth-order valence-corrected chi connectivity index (χ4v) is 2.97. The van der Waals surface area contributed by atoms with Crippen molar-refractivity contribution < 1.29 is 0 Å². The molecule has 3 nitrogen and oxygen atoms in total. The van der Waals surface area contributed by atoms with Gasteiger partial charge in [-0.3, -0.25) is 0 Å². The minimum atomic E-state index is -0.0870. The third kappa shape index (κ3) is 3.19. The molecule has 1 aromatic carbocycles.